The smallest absolute Gasteiger partial charge is 0.141 e. The van der Waals surface area contributed by atoms with E-state index in [1.54, 1.807) is 0 Å². The molecule has 2 nitrogen and oxygen atoms in total. The lowest BCUT2D eigenvalue weighted by Crippen LogP contribution is -2.35. The highest BCUT2D eigenvalue weighted by Crippen LogP contribution is 2.48. The highest BCUT2D eigenvalue weighted by atomic mass is 15.2. The molecule has 126 valence electrons. The van der Waals surface area contributed by atoms with Gasteiger partial charge in [0.05, 0.1) is 0 Å². The average molecular weight is 336 g/mol. The molecule has 2 heteroatoms. The van der Waals surface area contributed by atoms with E-state index >= 15 is 0 Å². The van der Waals surface area contributed by atoms with Crippen molar-refractivity contribution in [2.75, 3.05) is 0 Å². The molecular weight excluding hydrogens is 316 g/mol. The lowest BCUT2D eigenvalue weighted by Gasteiger charge is -2.34. The van der Waals surface area contributed by atoms with Crippen molar-refractivity contribution in [2.24, 2.45) is 0 Å². The van der Waals surface area contributed by atoms with Crippen molar-refractivity contribution in [3.63, 3.8) is 0 Å². The van der Waals surface area contributed by atoms with Gasteiger partial charge >= 0.3 is 0 Å². The maximum atomic E-state index is 4.68. The summed E-state index contributed by atoms with van der Waals surface area (Å²) in [4.78, 5) is 4.68. The number of aryl methyl sites for hydroxylation is 1. The topological polar surface area (TPSA) is 17.8 Å². The average Bonchev–Trinajstić information content (AvgIpc) is 3.26. The Kier molecular flexibility index (Phi) is 3.32. The number of imidazole rings is 1. The first kappa shape index (κ1) is 15.2. The van der Waals surface area contributed by atoms with Gasteiger partial charge in [-0.2, -0.15) is 0 Å². The molecule has 0 amide bonds. The molecule has 5 rings (SSSR count). The van der Waals surface area contributed by atoms with Crippen LogP contribution in [0.15, 0.2) is 91.3 Å². The molecule has 1 atom stereocenters. The van der Waals surface area contributed by atoms with Crippen LogP contribution < -0.4 is 0 Å². The van der Waals surface area contributed by atoms with E-state index in [0.29, 0.717) is 0 Å². The summed E-state index contributed by atoms with van der Waals surface area (Å²) < 4.78 is 2.36. The zero-order valence-corrected chi connectivity index (χ0v) is 14.8. The number of hydrogen-bond donors (Lipinski definition) is 0. The molecule has 0 saturated carbocycles. The molecule has 3 aromatic carbocycles. The van der Waals surface area contributed by atoms with Gasteiger partial charge in [-0.15, -0.1) is 0 Å². The predicted octanol–water partition coefficient (Wildman–Crippen LogP) is 5.21. The van der Waals surface area contributed by atoms with Gasteiger partial charge in [0.2, 0.25) is 0 Å². The standard InChI is InChI=1S/C24H20N2/c1-18-11-13-20(14-12-18)24(17-19-7-3-2-4-8-19)22-10-6-5-9-21(22)23-25-15-16-26(23)24/h2-16H,17H2,1H3/t24-/m0/s1. The Labute approximate surface area is 153 Å². The molecule has 26 heavy (non-hydrogen) atoms. The number of fused-ring (bicyclic) bond motifs is 3. The summed E-state index contributed by atoms with van der Waals surface area (Å²) in [6.45, 7) is 2.14. The summed E-state index contributed by atoms with van der Waals surface area (Å²) in [6, 6.07) is 28.4. The van der Waals surface area contributed by atoms with Crippen molar-refractivity contribution in [1.29, 1.82) is 0 Å². The Morgan fingerprint density at radius 2 is 1.58 bits per heavy atom. The van der Waals surface area contributed by atoms with Crippen LogP contribution in [0.25, 0.3) is 11.4 Å². The monoisotopic (exact) mass is 336 g/mol. The van der Waals surface area contributed by atoms with Gasteiger partial charge in [-0.05, 0) is 23.6 Å². The van der Waals surface area contributed by atoms with E-state index in [2.05, 4.69) is 102 Å². The second kappa shape index (κ2) is 5.70. The maximum absolute atomic E-state index is 4.68. The predicted molar refractivity (Wildman–Crippen MR) is 105 cm³/mol. The van der Waals surface area contributed by atoms with Crippen LogP contribution in [0.5, 0.6) is 0 Å². The van der Waals surface area contributed by atoms with Gasteiger partial charge in [0.1, 0.15) is 11.4 Å². The third-order valence-corrected chi connectivity index (χ3v) is 5.50. The van der Waals surface area contributed by atoms with Crippen LogP contribution >= 0.6 is 0 Å². The summed E-state index contributed by atoms with van der Waals surface area (Å²) in [7, 11) is 0. The minimum atomic E-state index is -0.266. The SMILES string of the molecule is Cc1ccc([C@@]2(Cc3ccccc3)c3ccccc3-c3nccn32)cc1. The number of benzene rings is 3. The van der Waals surface area contributed by atoms with Crippen LogP contribution in [0, 0.1) is 6.92 Å². The van der Waals surface area contributed by atoms with Crippen LogP contribution in [0.1, 0.15) is 22.3 Å². The largest absolute Gasteiger partial charge is 0.316 e. The third kappa shape index (κ3) is 2.08. The Balaban J connectivity index is 1.82. The molecule has 0 aliphatic carbocycles. The Hall–Kier alpha value is -3.13. The summed E-state index contributed by atoms with van der Waals surface area (Å²) in [6.07, 6.45) is 4.94. The van der Waals surface area contributed by atoms with Crippen LogP contribution in [0.3, 0.4) is 0 Å². The molecule has 0 bridgehead atoms. The van der Waals surface area contributed by atoms with Crippen molar-refractivity contribution in [1.82, 2.24) is 9.55 Å². The van der Waals surface area contributed by atoms with E-state index in [4.69, 9.17) is 0 Å². The highest BCUT2D eigenvalue weighted by molar-refractivity contribution is 5.71. The lowest BCUT2D eigenvalue weighted by molar-refractivity contribution is 0.450. The van der Waals surface area contributed by atoms with Gasteiger partial charge in [-0.3, -0.25) is 0 Å². The van der Waals surface area contributed by atoms with Gasteiger partial charge < -0.3 is 4.57 Å². The van der Waals surface area contributed by atoms with Crippen LogP contribution in [-0.4, -0.2) is 9.55 Å². The molecule has 1 aliphatic heterocycles. The van der Waals surface area contributed by atoms with Crippen LogP contribution in [0.2, 0.25) is 0 Å². The van der Waals surface area contributed by atoms with Gasteiger partial charge in [0.15, 0.2) is 0 Å². The highest BCUT2D eigenvalue weighted by Gasteiger charge is 2.44. The number of hydrogen-bond acceptors (Lipinski definition) is 1. The van der Waals surface area contributed by atoms with Gasteiger partial charge in [-0.1, -0.05) is 84.4 Å². The van der Waals surface area contributed by atoms with Crippen LogP contribution in [0.4, 0.5) is 0 Å². The molecular formula is C24H20N2. The molecule has 0 N–H and O–H groups in total. The van der Waals surface area contributed by atoms with Crippen molar-refractivity contribution < 1.29 is 0 Å². The summed E-state index contributed by atoms with van der Waals surface area (Å²) in [5.41, 5.74) is 6.20. The van der Waals surface area contributed by atoms with Crippen LogP contribution in [-0.2, 0) is 12.0 Å². The van der Waals surface area contributed by atoms with Crippen molar-refractivity contribution in [2.45, 2.75) is 18.9 Å². The zero-order valence-electron chi connectivity index (χ0n) is 14.8. The fraction of sp³-hybridized carbons (Fsp3) is 0.125. The Morgan fingerprint density at radius 1 is 0.846 bits per heavy atom. The van der Waals surface area contributed by atoms with Crippen molar-refractivity contribution in [3.05, 3.63) is 114 Å². The van der Waals surface area contributed by atoms with E-state index in [1.807, 2.05) is 6.20 Å². The van der Waals surface area contributed by atoms with Crippen molar-refractivity contribution >= 4 is 0 Å². The van der Waals surface area contributed by atoms with Gasteiger partial charge in [-0.25, -0.2) is 4.98 Å². The normalized spacial score (nSPS) is 17.7. The molecule has 0 radical (unpaired) electrons. The fourth-order valence-corrected chi connectivity index (χ4v) is 4.28. The molecule has 2 heterocycles. The quantitative estimate of drug-likeness (QED) is 0.502. The number of nitrogens with zero attached hydrogens (tertiary/aromatic N) is 2. The molecule has 0 saturated heterocycles. The van der Waals surface area contributed by atoms with E-state index in [1.165, 1.54) is 27.8 Å². The summed E-state index contributed by atoms with van der Waals surface area (Å²) in [5, 5.41) is 0. The minimum absolute atomic E-state index is 0.266. The van der Waals surface area contributed by atoms with E-state index in [0.717, 1.165) is 12.2 Å². The molecule has 0 spiro atoms. The van der Waals surface area contributed by atoms with E-state index < -0.39 is 0 Å². The second-order valence-electron chi connectivity index (χ2n) is 7.06. The third-order valence-electron chi connectivity index (χ3n) is 5.50. The Bertz CT molecular complexity index is 1060. The van der Waals surface area contributed by atoms with Gasteiger partial charge in [0, 0.05) is 24.4 Å². The van der Waals surface area contributed by atoms with E-state index in [-0.39, 0.29) is 5.54 Å². The first-order chi connectivity index (χ1) is 12.8. The zero-order chi connectivity index (χ0) is 17.6. The maximum Gasteiger partial charge on any atom is 0.141 e. The Morgan fingerprint density at radius 3 is 2.38 bits per heavy atom. The van der Waals surface area contributed by atoms with Crippen molar-refractivity contribution in [3.8, 4) is 11.4 Å². The van der Waals surface area contributed by atoms with E-state index in [9.17, 15) is 0 Å². The molecule has 1 aliphatic rings. The minimum Gasteiger partial charge on any atom is -0.316 e. The first-order valence-corrected chi connectivity index (χ1v) is 9.04. The fourth-order valence-electron chi connectivity index (χ4n) is 4.28. The lowest BCUT2D eigenvalue weighted by atomic mass is 9.78. The summed E-state index contributed by atoms with van der Waals surface area (Å²) >= 11 is 0. The molecule has 1 aromatic heterocycles. The van der Waals surface area contributed by atoms with Gasteiger partial charge in [0.25, 0.3) is 0 Å². The first-order valence-electron chi connectivity index (χ1n) is 9.04. The summed E-state index contributed by atoms with van der Waals surface area (Å²) in [5.74, 6) is 1.05. The number of aromatic nitrogens is 2. The molecule has 4 aromatic rings. The number of rotatable bonds is 3. The second-order valence-corrected chi connectivity index (χ2v) is 7.06. The molecule has 0 fully saturated rings. The molecule has 0 unspecified atom stereocenters.